The highest BCUT2D eigenvalue weighted by atomic mass is 16.5. The smallest absolute Gasteiger partial charge is 0.356 e. The second-order valence-corrected chi connectivity index (χ2v) is 7.01. The van der Waals surface area contributed by atoms with Crippen LogP contribution < -0.4 is 5.32 Å². The van der Waals surface area contributed by atoms with E-state index in [0.29, 0.717) is 12.5 Å². The van der Waals surface area contributed by atoms with Crippen LogP contribution in [0.4, 0.5) is 0 Å². The topological polar surface area (TPSA) is 93.5 Å². The fraction of sp³-hybridized carbons (Fsp3) is 0.450. The Morgan fingerprint density at radius 2 is 2.11 bits per heavy atom. The van der Waals surface area contributed by atoms with E-state index < -0.39 is 5.97 Å². The number of nitrogens with one attached hydrogen (secondary N) is 1. The SMILES string of the molecule is CC1CCCCC1OCC(=O)NCc1cccc(-n2ccc(C(=O)O)n2)c1. The highest BCUT2D eigenvalue weighted by Crippen LogP contribution is 2.26. The van der Waals surface area contributed by atoms with E-state index in [2.05, 4.69) is 17.3 Å². The summed E-state index contributed by atoms with van der Waals surface area (Å²) in [5.74, 6) is -0.692. The summed E-state index contributed by atoms with van der Waals surface area (Å²) in [5, 5.41) is 15.9. The first-order chi connectivity index (χ1) is 13.0. The summed E-state index contributed by atoms with van der Waals surface area (Å²) < 4.78 is 7.28. The standard InChI is InChI=1S/C20H25N3O4/c1-14-5-2-3-8-18(14)27-13-19(24)21-12-15-6-4-7-16(11-15)23-10-9-17(22-23)20(25)26/h4,6-7,9-11,14,18H,2-3,5,8,12-13H2,1H3,(H,21,24)(H,25,26). The maximum Gasteiger partial charge on any atom is 0.356 e. The molecule has 144 valence electrons. The molecule has 7 nitrogen and oxygen atoms in total. The normalized spacial score (nSPS) is 19.6. The second-order valence-electron chi connectivity index (χ2n) is 7.01. The minimum atomic E-state index is -1.07. The van der Waals surface area contributed by atoms with Crippen molar-refractivity contribution in [1.82, 2.24) is 15.1 Å². The van der Waals surface area contributed by atoms with E-state index in [4.69, 9.17) is 9.84 Å². The van der Waals surface area contributed by atoms with Gasteiger partial charge in [0.1, 0.15) is 6.61 Å². The average Bonchev–Trinajstić information content (AvgIpc) is 3.17. The Kier molecular flexibility index (Phi) is 6.24. The summed E-state index contributed by atoms with van der Waals surface area (Å²) in [6.07, 6.45) is 6.37. The van der Waals surface area contributed by atoms with Crippen molar-refractivity contribution in [3.8, 4) is 5.69 Å². The fourth-order valence-electron chi connectivity index (χ4n) is 3.35. The van der Waals surface area contributed by atoms with Gasteiger partial charge in [-0.15, -0.1) is 0 Å². The number of benzene rings is 1. The monoisotopic (exact) mass is 371 g/mol. The van der Waals surface area contributed by atoms with Gasteiger partial charge in [-0.2, -0.15) is 5.10 Å². The van der Waals surface area contributed by atoms with E-state index >= 15 is 0 Å². The Labute approximate surface area is 158 Å². The van der Waals surface area contributed by atoms with Gasteiger partial charge in [-0.25, -0.2) is 9.48 Å². The van der Waals surface area contributed by atoms with Gasteiger partial charge in [0.15, 0.2) is 5.69 Å². The molecule has 1 heterocycles. The lowest BCUT2D eigenvalue weighted by molar-refractivity contribution is -0.129. The number of hydrogen-bond acceptors (Lipinski definition) is 4. The van der Waals surface area contributed by atoms with Gasteiger partial charge >= 0.3 is 5.97 Å². The molecule has 2 unspecified atom stereocenters. The Morgan fingerprint density at radius 3 is 2.85 bits per heavy atom. The quantitative estimate of drug-likeness (QED) is 0.781. The largest absolute Gasteiger partial charge is 0.476 e. The van der Waals surface area contributed by atoms with E-state index in [1.165, 1.54) is 23.6 Å². The molecule has 1 aliphatic rings. The fourth-order valence-corrected chi connectivity index (χ4v) is 3.35. The van der Waals surface area contributed by atoms with E-state index in [1.807, 2.05) is 24.3 Å². The third-order valence-electron chi connectivity index (χ3n) is 4.93. The van der Waals surface area contributed by atoms with Crippen LogP contribution in [-0.4, -0.2) is 39.5 Å². The van der Waals surface area contributed by atoms with Crippen LogP contribution in [0.3, 0.4) is 0 Å². The minimum absolute atomic E-state index is 0.0113. The Hall–Kier alpha value is -2.67. The van der Waals surface area contributed by atoms with Crippen LogP contribution in [0.2, 0.25) is 0 Å². The van der Waals surface area contributed by atoms with Crippen molar-refractivity contribution in [1.29, 1.82) is 0 Å². The number of carboxylic acid groups (broad SMARTS) is 1. The first-order valence-corrected chi connectivity index (χ1v) is 9.29. The summed E-state index contributed by atoms with van der Waals surface area (Å²) in [5.41, 5.74) is 1.63. The number of aromatic nitrogens is 2. The van der Waals surface area contributed by atoms with Crippen LogP contribution in [0.25, 0.3) is 5.69 Å². The van der Waals surface area contributed by atoms with Crippen molar-refractivity contribution in [3.63, 3.8) is 0 Å². The Bertz CT molecular complexity index is 802. The zero-order valence-electron chi connectivity index (χ0n) is 15.4. The van der Waals surface area contributed by atoms with Crippen LogP contribution in [-0.2, 0) is 16.1 Å². The average molecular weight is 371 g/mol. The van der Waals surface area contributed by atoms with Gasteiger partial charge in [-0.3, -0.25) is 4.79 Å². The number of carbonyl (C=O) groups is 2. The van der Waals surface area contributed by atoms with Gasteiger partial charge < -0.3 is 15.2 Å². The lowest BCUT2D eigenvalue weighted by Gasteiger charge is -2.28. The molecule has 1 aromatic carbocycles. The predicted molar refractivity (Wildman–Crippen MR) is 99.7 cm³/mol. The molecule has 1 saturated carbocycles. The predicted octanol–water partition coefficient (Wildman–Crippen LogP) is 2.78. The molecule has 0 saturated heterocycles. The van der Waals surface area contributed by atoms with Gasteiger partial charge in [0.25, 0.3) is 0 Å². The van der Waals surface area contributed by atoms with Crippen molar-refractivity contribution in [2.24, 2.45) is 5.92 Å². The number of aromatic carboxylic acids is 1. The van der Waals surface area contributed by atoms with Crippen molar-refractivity contribution >= 4 is 11.9 Å². The number of amides is 1. The second kappa shape index (κ2) is 8.81. The molecule has 1 fully saturated rings. The number of rotatable bonds is 7. The van der Waals surface area contributed by atoms with Crippen molar-refractivity contribution in [2.45, 2.75) is 45.3 Å². The molecular weight excluding hydrogens is 346 g/mol. The van der Waals surface area contributed by atoms with E-state index in [-0.39, 0.29) is 24.3 Å². The Balaban J connectivity index is 1.51. The molecule has 0 aliphatic heterocycles. The summed E-state index contributed by atoms with van der Waals surface area (Å²) in [6.45, 7) is 2.64. The van der Waals surface area contributed by atoms with Crippen molar-refractivity contribution in [3.05, 3.63) is 47.8 Å². The summed E-state index contributed by atoms with van der Waals surface area (Å²) >= 11 is 0. The lowest BCUT2D eigenvalue weighted by atomic mass is 9.88. The number of ether oxygens (including phenoxy) is 1. The van der Waals surface area contributed by atoms with E-state index in [9.17, 15) is 9.59 Å². The molecule has 1 amide bonds. The van der Waals surface area contributed by atoms with Gasteiger partial charge in [-0.05, 0) is 42.5 Å². The van der Waals surface area contributed by atoms with E-state index in [0.717, 1.165) is 24.1 Å². The molecule has 1 aromatic heterocycles. The summed E-state index contributed by atoms with van der Waals surface area (Å²) in [4.78, 5) is 23.0. The first kappa shape index (κ1) is 19.1. The van der Waals surface area contributed by atoms with E-state index in [1.54, 1.807) is 6.20 Å². The third-order valence-corrected chi connectivity index (χ3v) is 4.93. The minimum Gasteiger partial charge on any atom is -0.476 e. The van der Waals surface area contributed by atoms with Gasteiger partial charge in [0.05, 0.1) is 11.8 Å². The zero-order valence-corrected chi connectivity index (χ0v) is 15.4. The van der Waals surface area contributed by atoms with Gasteiger partial charge in [0, 0.05) is 12.7 Å². The maximum atomic E-state index is 12.1. The molecule has 2 atom stereocenters. The molecule has 3 rings (SSSR count). The first-order valence-electron chi connectivity index (χ1n) is 9.29. The Morgan fingerprint density at radius 1 is 1.30 bits per heavy atom. The molecular formula is C20H25N3O4. The molecule has 2 aromatic rings. The highest BCUT2D eigenvalue weighted by molar-refractivity contribution is 5.85. The highest BCUT2D eigenvalue weighted by Gasteiger charge is 2.22. The van der Waals surface area contributed by atoms with Crippen LogP contribution in [0.5, 0.6) is 0 Å². The number of carbonyl (C=O) groups excluding carboxylic acids is 1. The molecule has 7 heteroatoms. The van der Waals surface area contributed by atoms with Crippen LogP contribution in [0.15, 0.2) is 36.5 Å². The molecule has 27 heavy (non-hydrogen) atoms. The van der Waals surface area contributed by atoms with Crippen LogP contribution >= 0.6 is 0 Å². The van der Waals surface area contributed by atoms with Crippen molar-refractivity contribution in [2.75, 3.05) is 6.61 Å². The molecule has 1 aliphatic carbocycles. The summed E-state index contributed by atoms with van der Waals surface area (Å²) in [6, 6.07) is 8.88. The number of hydrogen-bond donors (Lipinski definition) is 2. The van der Waals surface area contributed by atoms with Gasteiger partial charge in [-0.1, -0.05) is 31.9 Å². The molecule has 0 spiro atoms. The van der Waals surface area contributed by atoms with Gasteiger partial charge in [0.2, 0.25) is 5.91 Å². The summed E-state index contributed by atoms with van der Waals surface area (Å²) in [7, 11) is 0. The maximum absolute atomic E-state index is 12.1. The number of nitrogens with zero attached hydrogens (tertiary/aromatic N) is 2. The molecule has 0 radical (unpaired) electrons. The molecule has 0 bridgehead atoms. The van der Waals surface area contributed by atoms with Crippen LogP contribution in [0, 0.1) is 5.92 Å². The lowest BCUT2D eigenvalue weighted by Crippen LogP contribution is -2.32. The molecule has 2 N–H and O–H groups in total. The third kappa shape index (κ3) is 5.17. The van der Waals surface area contributed by atoms with Crippen LogP contribution in [0.1, 0.15) is 48.7 Å². The van der Waals surface area contributed by atoms with Crippen molar-refractivity contribution < 1.29 is 19.4 Å². The zero-order chi connectivity index (χ0) is 19.2. The number of carboxylic acids is 1.